The lowest BCUT2D eigenvalue weighted by atomic mass is 9.98. The molecule has 5 heteroatoms. The fourth-order valence-corrected chi connectivity index (χ4v) is 1.68. The number of nitrogens with one attached hydrogen (secondary N) is 1. The maximum Gasteiger partial charge on any atom is 0.147 e. The van der Waals surface area contributed by atoms with Crippen molar-refractivity contribution in [3.05, 3.63) is 35.9 Å². The predicted octanol–water partition coefficient (Wildman–Crippen LogP) is 1.14. The second kappa shape index (κ2) is 8.49. The molecule has 0 radical (unpaired) electrons. The van der Waals surface area contributed by atoms with Gasteiger partial charge < -0.3 is 21.0 Å². The van der Waals surface area contributed by atoms with Gasteiger partial charge in [-0.3, -0.25) is 0 Å². The third kappa shape index (κ3) is 4.73. The molecular weight excluding hydrogens is 230 g/mol. The first-order valence-electron chi connectivity index (χ1n) is 6.10. The van der Waals surface area contributed by atoms with Gasteiger partial charge in [-0.15, -0.1) is 0 Å². The molecule has 1 aromatic rings. The molecule has 0 bridgehead atoms. The second-order valence-electron chi connectivity index (χ2n) is 3.89. The van der Waals surface area contributed by atoms with Gasteiger partial charge >= 0.3 is 0 Å². The minimum atomic E-state index is -0.127. The van der Waals surface area contributed by atoms with Crippen LogP contribution in [0.5, 0.6) is 0 Å². The monoisotopic (exact) mass is 251 g/mol. The smallest absolute Gasteiger partial charge is 0.147 e. The number of benzene rings is 1. The van der Waals surface area contributed by atoms with Gasteiger partial charge in [0.2, 0.25) is 0 Å². The molecule has 0 fully saturated rings. The third-order valence-electron chi connectivity index (χ3n) is 2.65. The number of amidine groups is 1. The Bertz CT molecular complexity index is 355. The van der Waals surface area contributed by atoms with Gasteiger partial charge in [0, 0.05) is 19.7 Å². The molecule has 5 nitrogen and oxygen atoms in total. The first kappa shape index (κ1) is 14.5. The molecule has 1 rings (SSSR count). The maximum absolute atomic E-state index is 8.82. The van der Waals surface area contributed by atoms with E-state index in [1.54, 1.807) is 0 Å². The predicted molar refractivity (Wildman–Crippen MR) is 72.0 cm³/mol. The van der Waals surface area contributed by atoms with Crippen molar-refractivity contribution in [3.8, 4) is 0 Å². The Morgan fingerprint density at radius 3 is 2.78 bits per heavy atom. The highest BCUT2D eigenvalue weighted by Gasteiger charge is 2.15. The maximum atomic E-state index is 8.82. The van der Waals surface area contributed by atoms with Gasteiger partial charge in [0.25, 0.3) is 0 Å². The van der Waals surface area contributed by atoms with E-state index in [2.05, 4.69) is 10.5 Å². The molecule has 0 spiro atoms. The zero-order chi connectivity index (χ0) is 13.2. The molecule has 100 valence electrons. The number of hydrogen-bond acceptors (Lipinski definition) is 4. The summed E-state index contributed by atoms with van der Waals surface area (Å²) in [5.74, 6) is 0.0861. The molecular formula is C13H21N3O2. The van der Waals surface area contributed by atoms with Crippen LogP contribution in [0.25, 0.3) is 0 Å². The van der Waals surface area contributed by atoms with E-state index in [1.807, 2.05) is 37.3 Å². The summed E-state index contributed by atoms with van der Waals surface area (Å²) in [5, 5.41) is 15.2. The van der Waals surface area contributed by atoms with Gasteiger partial charge in [-0.1, -0.05) is 35.5 Å². The van der Waals surface area contributed by atoms with E-state index in [-0.39, 0.29) is 11.8 Å². The fraction of sp³-hybridized carbons (Fsp3) is 0.462. The van der Waals surface area contributed by atoms with Crippen molar-refractivity contribution in [3.63, 3.8) is 0 Å². The lowest BCUT2D eigenvalue weighted by Gasteiger charge is -2.16. The van der Waals surface area contributed by atoms with Crippen LogP contribution in [0.4, 0.5) is 0 Å². The molecule has 1 aromatic carbocycles. The van der Waals surface area contributed by atoms with Crippen molar-refractivity contribution in [2.24, 2.45) is 10.9 Å². The molecule has 4 N–H and O–H groups in total. The van der Waals surface area contributed by atoms with Gasteiger partial charge in [0.15, 0.2) is 0 Å². The second-order valence-corrected chi connectivity index (χ2v) is 3.89. The highest BCUT2D eigenvalue weighted by molar-refractivity contribution is 5.87. The lowest BCUT2D eigenvalue weighted by molar-refractivity contribution is 0.149. The molecule has 0 aliphatic carbocycles. The summed E-state index contributed by atoms with van der Waals surface area (Å²) in [6.45, 7) is 4.70. The van der Waals surface area contributed by atoms with Gasteiger partial charge in [0.1, 0.15) is 5.84 Å². The number of nitrogens with two attached hydrogens (primary N) is 1. The Morgan fingerprint density at radius 1 is 1.44 bits per heavy atom. The van der Waals surface area contributed by atoms with E-state index in [0.717, 1.165) is 12.1 Å². The summed E-state index contributed by atoms with van der Waals surface area (Å²) in [4.78, 5) is 0. The van der Waals surface area contributed by atoms with Crippen molar-refractivity contribution >= 4 is 5.84 Å². The van der Waals surface area contributed by atoms with Gasteiger partial charge in [-0.2, -0.15) is 0 Å². The van der Waals surface area contributed by atoms with Gasteiger partial charge in [-0.05, 0) is 12.5 Å². The third-order valence-corrected chi connectivity index (χ3v) is 2.65. The number of nitrogens with zero attached hydrogens (tertiary/aromatic N) is 1. The normalized spacial score (nSPS) is 13.5. The van der Waals surface area contributed by atoms with Crippen LogP contribution in [0.2, 0.25) is 0 Å². The molecule has 0 saturated heterocycles. The summed E-state index contributed by atoms with van der Waals surface area (Å²) >= 11 is 0. The molecule has 0 heterocycles. The van der Waals surface area contributed by atoms with Crippen LogP contribution in [-0.4, -0.2) is 37.3 Å². The summed E-state index contributed by atoms with van der Waals surface area (Å²) in [6.07, 6.45) is 0. The molecule has 0 aliphatic heterocycles. The van der Waals surface area contributed by atoms with Crippen molar-refractivity contribution in [1.82, 2.24) is 5.32 Å². The van der Waals surface area contributed by atoms with Gasteiger partial charge in [0.05, 0.1) is 12.5 Å². The van der Waals surface area contributed by atoms with E-state index in [4.69, 9.17) is 15.7 Å². The molecule has 1 unspecified atom stereocenters. The minimum absolute atomic E-state index is 0.127. The van der Waals surface area contributed by atoms with E-state index in [1.165, 1.54) is 0 Å². The SMILES string of the molecule is CCOCCNCC(C(N)=NO)c1ccccc1. The Hall–Kier alpha value is -1.59. The van der Waals surface area contributed by atoms with Crippen molar-refractivity contribution in [2.45, 2.75) is 12.8 Å². The first-order valence-corrected chi connectivity index (χ1v) is 6.10. The van der Waals surface area contributed by atoms with Crippen LogP contribution < -0.4 is 11.1 Å². The first-order chi connectivity index (χ1) is 8.79. The fourth-order valence-electron chi connectivity index (χ4n) is 1.68. The number of rotatable bonds is 8. The largest absolute Gasteiger partial charge is 0.409 e. The van der Waals surface area contributed by atoms with Crippen molar-refractivity contribution < 1.29 is 9.94 Å². The number of oxime groups is 1. The zero-order valence-corrected chi connectivity index (χ0v) is 10.7. The average molecular weight is 251 g/mol. The Labute approximate surface area is 108 Å². The van der Waals surface area contributed by atoms with E-state index < -0.39 is 0 Å². The Morgan fingerprint density at radius 2 is 2.17 bits per heavy atom. The van der Waals surface area contributed by atoms with Crippen LogP contribution in [0, 0.1) is 0 Å². The van der Waals surface area contributed by atoms with Crippen LogP contribution in [-0.2, 0) is 4.74 Å². The molecule has 0 saturated carbocycles. The summed E-state index contributed by atoms with van der Waals surface area (Å²) in [7, 11) is 0. The Balaban J connectivity index is 2.53. The highest BCUT2D eigenvalue weighted by atomic mass is 16.5. The van der Waals surface area contributed by atoms with E-state index in [9.17, 15) is 0 Å². The molecule has 18 heavy (non-hydrogen) atoms. The summed E-state index contributed by atoms with van der Waals surface area (Å²) in [5.41, 5.74) is 6.74. The van der Waals surface area contributed by atoms with Crippen molar-refractivity contribution in [1.29, 1.82) is 0 Å². The van der Waals surface area contributed by atoms with Crippen molar-refractivity contribution in [2.75, 3.05) is 26.3 Å². The summed E-state index contributed by atoms with van der Waals surface area (Å²) < 4.78 is 5.23. The molecule has 0 aliphatic rings. The van der Waals surface area contributed by atoms with Crippen LogP contribution in [0.3, 0.4) is 0 Å². The standard InChI is InChI=1S/C13H21N3O2/c1-2-18-9-8-15-10-12(13(14)16-17)11-6-4-3-5-7-11/h3-7,12,15,17H,2,8-10H2,1H3,(H2,14,16). The van der Waals surface area contributed by atoms with Crippen LogP contribution >= 0.6 is 0 Å². The minimum Gasteiger partial charge on any atom is -0.409 e. The number of ether oxygens (including phenoxy) is 1. The van der Waals surface area contributed by atoms with E-state index in [0.29, 0.717) is 19.8 Å². The quantitative estimate of drug-likeness (QED) is 0.213. The van der Waals surface area contributed by atoms with Gasteiger partial charge in [-0.25, -0.2) is 0 Å². The van der Waals surface area contributed by atoms with Crippen LogP contribution in [0.1, 0.15) is 18.4 Å². The molecule has 0 aromatic heterocycles. The summed E-state index contributed by atoms with van der Waals surface area (Å²) in [6, 6.07) is 9.75. The average Bonchev–Trinajstić information content (AvgIpc) is 2.43. The van der Waals surface area contributed by atoms with Crippen LogP contribution in [0.15, 0.2) is 35.5 Å². The molecule has 1 atom stereocenters. The lowest BCUT2D eigenvalue weighted by Crippen LogP contribution is -2.33. The highest BCUT2D eigenvalue weighted by Crippen LogP contribution is 2.14. The topological polar surface area (TPSA) is 79.9 Å². The number of hydrogen-bond donors (Lipinski definition) is 3. The zero-order valence-electron chi connectivity index (χ0n) is 10.7. The Kier molecular flexibility index (Phi) is 6.83. The molecule has 0 amide bonds. The van der Waals surface area contributed by atoms with E-state index >= 15 is 0 Å².